The van der Waals surface area contributed by atoms with Gasteiger partial charge in [-0.3, -0.25) is 5.10 Å². The normalized spacial score (nSPS) is 10.5. The quantitative estimate of drug-likeness (QED) is 0.871. The molecule has 0 aliphatic carbocycles. The molecule has 1 aromatic carbocycles. The van der Waals surface area contributed by atoms with Crippen LogP contribution in [-0.4, -0.2) is 14.8 Å². The van der Waals surface area contributed by atoms with Crippen LogP contribution in [0.5, 0.6) is 5.75 Å². The summed E-state index contributed by atoms with van der Waals surface area (Å²) in [6, 6.07) is 5.54. The van der Waals surface area contributed by atoms with Gasteiger partial charge in [0.05, 0.1) is 0 Å². The lowest BCUT2D eigenvalue weighted by Gasteiger charge is -2.07. The molecule has 17 heavy (non-hydrogen) atoms. The van der Waals surface area contributed by atoms with E-state index in [-0.39, 0.29) is 0 Å². The molecule has 0 unspecified atom stereocenters. The van der Waals surface area contributed by atoms with Gasteiger partial charge in [0.25, 0.3) is 0 Å². The second-order valence-corrected chi connectivity index (χ2v) is 4.50. The highest BCUT2D eigenvalue weighted by atomic mass is 35.5. The first kappa shape index (κ1) is 12.1. The number of ether oxygens (including phenoxy) is 1. The summed E-state index contributed by atoms with van der Waals surface area (Å²) >= 11 is 11.0. The molecule has 1 aromatic heterocycles. The molecule has 0 aliphatic heterocycles. The maximum Gasteiger partial charge on any atom is 0.194 e. The summed E-state index contributed by atoms with van der Waals surface area (Å²) in [6.07, 6.45) is 0. The van der Waals surface area contributed by atoms with Crippen LogP contribution in [-0.2, 0) is 13.7 Å². The lowest BCUT2D eigenvalue weighted by atomic mass is 10.2. The lowest BCUT2D eigenvalue weighted by molar-refractivity contribution is 0.291. The van der Waals surface area contributed by atoms with E-state index in [1.807, 2.05) is 32.2 Å². The summed E-state index contributed by atoms with van der Waals surface area (Å²) in [5.74, 6) is 1.52. The summed E-state index contributed by atoms with van der Waals surface area (Å²) in [5.41, 5.74) is 0.986. The molecule has 0 radical (unpaired) electrons. The van der Waals surface area contributed by atoms with Gasteiger partial charge in [0.15, 0.2) is 10.6 Å². The van der Waals surface area contributed by atoms with Gasteiger partial charge in [0.2, 0.25) is 0 Å². The van der Waals surface area contributed by atoms with Gasteiger partial charge < -0.3 is 9.30 Å². The SMILES string of the molecule is Cc1cc(OCc2n[nH]c(=S)n2C)ccc1Cl. The molecule has 0 saturated carbocycles. The molecule has 2 rings (SSSR count). The van der Waals surface area contributed by atoms with Crippen molar-refractivity contribution in [3.8, 4) is 5.75 Å². The molecular weight excluding hydrogens is 258 g/mol. The third-order valence-corrected chi connectivity index (χ3v) is 3.26. The topological polar surface area (TPSA) is 42.8 Å². The highest BCUT2D eigenvalue weighted by Gasteiger charge is 2.04. The van der Waals surface area contributed by atoms with Crippen LogP contribution in [0.4, 0.5) is 0 Å². The summed E-state index contributed by atoms with van der Waals surface area (Å²) in [4.78, 5) is 0. The van der Waals surface area contributed by atoms with Crippen molar-refractivity contribution in [2.45, 2.75) is 13.5 Å². The second kappa shape index (κ2) is 4.89. The smallest absolute Gasteiger partial charge is 0.194 e. The third-order valence-electron chi connectivity index (χ3n) is 2.47. The predicted octanol–water partition coefficient (Wildman–Crippen LogP) is 3.02. The Morgan fingerprint density at radius 3 is 2.88 bits per heavy atom. The van der Waals surface area contributed by atoms with E-state index in [0.29, 0.717) is 11.4 Å². The van der Waals surface area contributed by atoms with Crippen molar-refractivity contribution < 1.29 is 4.74 Å². The standard InChI is InChI=1S/C11H12ClN3OS/c1-7-5-8(3-4-9(7)12)16-6-10-13-14-11(17)15(10)2/h3-5H,6H2,1-2H3,(H,14,17). The van der Waals surface area contributed by atoms with Gasteiger partial charge in [-0.25, -0.2) is 0 Å². The van der Waals surface area contributed by atoms with Gasteiger partial charge in [0.1, 0.15) is 12.4 Å². The minimum atomic E-state index is 0.366. The Morgan fingerprint density at radius 1 is 1.53 bits per heavy atom. The van der Waals surface area contributed by atoms with E-state index < -0.39 is 0 Å². The highest BCUT2D eigenvalue weighted by molar-refractivity contribution is 7.71. The number of halogens is 1. The van der Waals surface area contributed by atoms with Crippen LogP contribution in [0.15, 0.2) is 18.2 Å². The van der Waals surface area contributed by atoms with Crippen LogP contribution in [0.2, 0.25) is 5.02 Å². The molecular formula is C11H12ClN3OS. The number of aryl methyl sites for hydroxylation is 1. The molecule has 90 valence electrons. The Balaban J connectivity index is 2.10. The fraction of sp³-hybridized carbons (Fsp3) is 0.273. The molecule has 4 nitrogen and oxygen atoms in total. The van der Waals surface area contributed by atoms with E-state index in [0.717, 1.165) is 22.2 Å². The molecule has 0 saturated heterocycles. The minimum Gasteiger partial charge on any atom is -0.486 e. The highest BCUT2D eigenvalue weighted by Crippen LogP contribution is 2.21. The van der Waals surface area contributed by atoms with Gasteiger partial charge in [-0.05, 0) is 42.9 Å². The number of rotatable bonds is 3. The van der Waals surface area contributed by atoms with Crippen LogP contribution in [0.1, 0.15) is 11.4 Å². The zero-order chi connectivity index (χ0) is 12.4. The average molecular weight is 270 g/mol. The van der Waals surface area contributed by atoms with Crippen LogP contribution in [0.3, 0.4) is 0 Å². The average Bonchev–Trinajstić information content (AvgIpc) is 2.62. The number of benzene rings is 1. The minimum absolute atomic E-state index is 0.366. The van der Waals surface area contributed by atoms with Crippen molar-refractivity contribution >= 4 is 23.8 Å². The summed E-state index contributed by atoms with van der Waals surface area (Å²) in [5, 5.41) is 7.51. The lowest BCUT2D eigenvalue weighted by Crippen LogP contribution is -2.03. The zero-order valence-electron chi connectivity index (χ0n) is 9.53. The number of aromatic nitrogens is 3. The molecule has 0 fully saturated rings. The maximum atomic E-state index is 5.94. The van der Waals surface area contributed by atoms with E-state index >= 15 is 0 Å². The van der Waals surface area contributed by atoms with Crippen molar-refractivity contribution in [2.24, 2.45) is 7.05 Å². The van der Waals surface area contributed by atoms with Crippen molar-refractivity contribution in [3.05, 3.63) is 39.4 Å². The van der Waals surface area contributed by atoms with E-state index in [9.17, 15) is 0 Å². The summed E-state index contributed by atoms with van der Waals surface area (Å²) < 4.78 is 7.97. The molecule has 0 aliphatic rings. The van der Waals surface area contributed by atoms with Crippen molar-refractivity contribution in [1.29, 1.82) is 0 Å². The molecule has 2 aromatic rings. The predicted molar refractivity (Wildman–Crippen MR) is 68.9 cm³/mol. The number of H-pyrrole nitrogens is 1. The first-order valence-electron chi connectivity index (χ1n) is 5.07. The van der Waals surface area contributed by atoms with Crippen LogP contribution >= 0.6 is 23.8 Å². The molecule has 6 heteroatoms. The molecule has 1 heterocycles. The Morgan fingerprint density at radius 2 is 2.29 bits per heavy atom. The van der Waals surface area contributed by atoms with Gasteiger partial charge in [-0.1, -0.05) is 11.6 Å². The van der Waals surface area contributed by atoms with E-state index in [4.69, 9.17) is 28.6 Å². The Kier molecular flexibility index (Phi) is 3.49. The third kappa shape index (κ3) is 2.68. The van der Waals surface area contributed by atoms with Crippen LogP contribution < -0.4 is 4.74 Å². The summed E-state index contributed by atoms with van der Waals surface area (Å²) in [6.45, 7) is 2.30. The first-order chi connectivity index (χ1) is 8.08. The Bertz CT molecular complexity index is 591. The van der Waals surface area contributed by atoms with Crippen molar-refractivity contribution in [3.63, 3.8) is 0 Å². The monoisotopic (exact) mass is 269 g/mol. The first-order valence-corrected chi connectivity index (χ1v) is 5.86. The van der Waals surface area contributed by atoms with Gasteiger partial charge >= 0.3 is 0 Å². The van der Waals surface area contributed by atoms with Crippen LogP contribution in [0.25, 0.3) is 0 Å². The summed E-state index contributed by atoms with van der Waals surface area (Å²) in [7, 11) is 1.84. The zero-order valence-corrected chi connectivity index (χ0v) is 11.1. The second-order valence-electron chi connectivity index (χ2n) is 3.70. The largest absolute Gasteiger partial charge is 0.486 e. The van der Waals surface area contributed by atoms with Gasteiger partial charge in [-0.2, -0.15) is 5.10 Å². The number of hydrogen-bond donors (Lipinski definition) is 1. The molecule has 0 atom stereocenters. The van der Waals surface area contributed by atoms with Gasteiger partial charge in [-0.15, -0.1) is 0 Å². The van der Waals surface area contributed by atoms with Crippen LogP contribution in [0, 0.1) is 11.7 Å². The van der Waals surface area contributed by atoms with E-state index in [1.165, 1.54) is 0 Å². The molecule has 0 bridgehead atoms. The number of hydrogen-bond acceptors (Lipinski definition) is 3. The van der Waals surface area contributed by atoms with Gasteiger partial charge in [0, 0.05) is 12.1 Å². The molecule has 0 amide bonds. The fourth-order valence-electron chi connectivity index (χ4n) is 1.36. The Hall–Kier alpha value is -1.33. The number of nitrogens with zero attached hydrogens (tertiary/aromatic N) is 2. The van der Waals surface area contributed by atoms with E-state index in [1.54, 1.807) is 4.57 Å². The Labute approximate surface area is 109 Å². The van der Waals surface area contributed by atoms with E-state index in [2.05, 4.69) is 10.2 Å². The van der Waals surface area contributed by atoms with Crippen molar-refractivity contribution in [1.82, 2.24) is 14.8 Å². The van der Waals surface area contributed by atoms with Crippen molar-refractivity contribution in [2.75, 3.05) is 0 Å². The fourth-order valence-corrected chi connectivity index (χ4v) is 1.63. The molecule has 0 spiro atoms. The number of aromatic amines is 1. The number of nitrogens with one attached hydrogen (secondary N) is 1. The molecule has 1 N–H and O–H groups in total. The maximum absolute atomic E-state index is 5.94.